The van der Waals surface area contributed by atoms with E-state index in [4.69, 9.17) is 19.4 Å². The summed E-state index contributed by atoms with van der Waals surface area (Å²) in [5.74, 6) is 1.79. The van der Waals surface area contributed by atoms with Crippen molar-refractivity contribution in [1.29, 1.82) is 0 Å². The molecule has 4 nitrogen and oxygen atoms in total. The number of hydrogen-bond donors (Lipinski definition) is 0. The molecule has 0 radical (unpaired) electrons. The summed E-state index contributed by atoms with van der Waals surface area (Å²) in [6.07, 6.45) is 0. The summed E-state index contributed by atoms with van der Waals surface area (Å²) in [7, 11) is 0. The Morgan fingerprint density at radius 1 is 0.298 bits per heavy atom. The molecule has 0 aliphatic rings. The van der Waals surface area contributed by atoms with Crippen LogP contribution in [0.2, 0.25) is 0 Å². The Kier molecular flexibility index (Phi) is 7.78. The second-order valence-electron chi connectivity index (χ2n) is 14.4. The molecule has 0 aliphatic carbocycles. The molecule has 2 aromatic heterocycles. The lowest BCUT2D eigenvalue weighted by atomic mass is 9.91. The van der Waals surface area contributed by atoms with Crippen LogP contribution in [0.5, 0.6) is 0 Å². The average Bonchev–Trinajstić information content (AvgIpc) is 3.68. The van der Waals surface area contributed by atoms with E-state index in [0.29, 0.717) is 17.5 Å². The molecular weight excluding hydrogens is 695 g/mol. The van der Waals surface area contributed by atoms with Crippen LogP contribution in [0.4, 0.5) is 0 Å². The molecule has 0 N–H and O–H groups in total. The van der Waals surface area contributed by atoms with E-state index in [0.717, 1.165) is 72.0 Å². The van der Waals surface area contributed by atoms with Gasteiger partial charge in [-0.2, -0.15) is 0 Å². The molecule has 9 aromatic carbocycles. The van der Waals surface area contributed by atoms with Gasteiger partial charge in [-0.25, -0.2) is 15.0 Å². The van der Waals surface area contributed by atoms with Gasteiger partial charge in [-0.15, -0.1) is 0 Å². The molecule has 11 rings (SSSR count). The minimum Gasteiger partial charge on any atom is -0.455 e. The van der Waals surface area contributed by atoms with Gasteiger partial charge in [0.05, 0.1) is 0 Å². The lowest BCUT2D eigenvalue weighted by Gasteiger charge is -2.15. The van der Waals surface area contributed by atoms with Crippen LogP contribution in [0.25, 0.3) is 111 Å². The van der Waals surface area contributed by atoms with E-state index in [1.165, 1.54) is 21.5 Å². The predicted octanol–water partition coefficient (Wildman–Crippen LogP) is 14.1. The number of furan rings is 1. The smallest absolute Gasteiger partial charge is 0.164 e. The zero-order chi connectivity index (χ0) is 37.7. The van der Waals surface area contributed by atoms with Gasteiger partial charge in [0.2, 0.25) is 0 Å². The fourth-order valence-corrected chi connectivity index (χ4v) is 8.09. The monoisotopic (exact) mass is 727 g/mol. The van der Waals surface area contributed by atoms with Crippen LogP contribution in [0.3, 0.4) is 0 Å². The number of hydrogen-bond acceptors (Lipinski definition) is 4. The van der Waals surface area contributed by atoms with Crippen molar-refractivity contribution in [3.63, 3.8) is 0 Å². The van der Waals surface area contributed by atoms with Crippen LogP contribution < -0.4 is 0 Å². The van der Waals surface area contributed by atoms with E-state index in [-0.39, 0.29) is 0 Å². The van der Waals surface area contributed by atoms with Gasteiger partial charge in [0.1, 0.15) is 11.2 Å². The van der Waals surface area contributed by atoms with Gasteiger partial charge < -0.3 is 4.42 Å². The second-order valence-corrected chi connectivity index (χ2v) is 14.4. The number of fused-ring (bicyclic) bond motifs is 5. The number of para-hydroxylation sites is 1. The molecule has 0 spiro atoms. The van der Waals surface area contributed by atoms with E-state index in [1.807, 2.05) is 42.5 Å². The van der Waals surface area contributed by atoms with Gasteiger partial charge in [-0.1, -0.05) is 164 Å². The highest BCUT2D eigenvalue weighted by Crippen LogP contribution is 2.43. The Hall–Kier alpha value is -7.69. The molecule has 0 fully saturated rings. The van der Waals surface area contributed by atoms with E-state index in [2.05, 4.69) is 158 Å². The fourth-order valence-electron chi connectivity index (χ4n) is 8.09. The van der Waals surface area contributed by atoms with Crippen molar-refractivity contribution in [3.8, 4) is 67.5 Å². The maximum Gasteiger partial charge on any atom is 0.164 e. The standard InChI is InChI=1S/C53H33N3O/c1-3-15-36(16-4-1)43-28-27-42(33-47(43)41-26-24-35-14-8-10-20-39(35)32-41)52-54-51(37-17-5-2-6-18-37)55-53(56-52)46-30-29-44(40-25-23-34-13-7-9-19-38(34)31-40)50-49(46)45-21-11-12-22-48(45)57-50/h1-33H. The Bertz CT molecular complexity index is 3300. The van der Waals surface area contributed by atoms with Gasteiger partial charge >= 0.3 is 0 Å². The van der Waals surface area contributed by atoms with Gasteiger partial charge in [-0.3, -0.25) is 0 Å². The number of rotatable bonds is 6. The summed E-state index contributed by atoms with van der Waals surface area (Å²) in [5.41, 5.74) is 11.0. The van der Waals surface area contributed by atoms with Gasteiger partial charge in [0, 0.05) is 33.0 Å². The van der Waals surface area contributed by atoms with Crippen LogP contribution in [-0.2, 0) is 0 Å². The number of nitrogens with zero attached hydrogens (tertiary/aromatic N) is 3. The van der Waals surface area contributed by atoms with Crippen molar-refractivity contribution in [3.05, 3.63) is 200 Å². The van der Waals surface area contributed by atoms with Gasteiger partial charge in [0.25, 0.3) is 0 Å². The third-order valence-electron chi connectivity index (χ3n) is 10.9. The van der Waals surface area contributed by atoms with Gasteiger partial charge in [-0.05, 0) is 85.8 Å². The summed E-state index contributed by atoms with van der Waals surface area (Å²) < 4.78 is 6.72. The molecule has 57 heavy (non-hydrogen) atoms. The third kappa shape index (κ3) is 5.83. The second kappa shape index (κ2) is 13.6. The molecular formula is C53H33N3O. The quantitative estimate of drug-likeness (QED) is 0.171. The summed E-state index contributed by atoms with van der Waals surface area (Å²) in [5, 5.41) is 6.77. The SMILES string of the molecule is c1ccc(-c2nc(-c3ccc(-c4ccccc4)c(-c4ccc5ccccc5c4)c3)nc(-c3ccc(-c4ccc5ccccc5c4)c4oc5ccccc5c34)n2)cc1. The van der Waals surface area contributed by atoms with Crippen LogP contribution in [0.1, 0.15) is 0 Å². The number of benzene rings is 9. The van der Waals surface area contributed by atoms with E-state index < -0.39 is 0 Å². The lowest BCUT2D eigenvalue weighted by molar-refractivity contribution is 0.670. The van der Waals surface area contributed by atoms with Crippen molar-refractivity contribution in [1.82, 2.24) is 15.0 Å². The average molecular weight is 728 g/mol. The summed E-state index contributed by atoms with van der Waals surface area (Å²) in [6.45, 7) is 0. The van der Waals surface area contributed by atoms with Crippen LogP contribution >= 0.6 is 0 Å². The first kappa shape index (κ1) is 32.7. The highest BCUT2D eigenvalue weighted by Gasteiger charge is 2.21. The third-order valence-corrected chi connectivity index (χ3v) is 10.9. The first-order valence-corrected chi connectivity index (χ1v) is 19.2. The van der Waals surface area contributed by atoms with Crippen LogP contribution in [0.15, 0.2) is 205 Å². The zero-order valence-electron chi connectivity index (χ0n) is 30.8. The van der Waals surface area contributed by atoms with Crippen molar-refractivity contribution >= 4 is 43.5 Å². The Labute approximate surface area is 329 Å². The highest BCUT2D eigenvalue weighted by molar-refractivity contribution is 6.16. The predicted molar refractivity (Wildman–Crippen MR) is 235 cm³/mol. The molecule has 266 valence electrons. The fraction of sp³-hybridized carbons (Fsp3) is 0. The summed E-state index contributed by atoms with van der Waals surface area (Å²) in [6, 6.07) is 69.9. The maximum atomic E-state index is 6.72. The Balaban J connectivity index is 1.14. The van der Waals surface area contributed by atoms with Crippen LogP contribution in [-0.4, -0.2) is 15.0 Å². The first-order chi connectivity index (χ1) is 28.2. The Morgan fingerprint density at radius 2 is 0.807 bits per heavy atom. The molecule has 0 atom stereocenters. The molecule has 0 saturated heterocycles. The van der Waals surface area contributed by atoms with Gasteiger partial charge in [0.15, 0.2) is 17.5 Å². The molecule has 0 aliphatic heterocycles. The van der Waals surface area contributed by atoms with Crippen molar-refractivity contribution in [2.45, 2.75) is 0 Å². The van der Waals surface area contributed by atoms with Crippen LogP contribution in [0, 0.1) is 0 Å². The topological polar surface area (TPSA) is 51.8 Å². The molecule has 2 heterocycles. The first-order valence-electron chi connectivity index (χ1n) is 19.2. The Morgan fingerprint density at radius 3 is 1.51 bits per heavy atom. The van der Waals surface area contributed by atoms with Crippen molar-refractivity contribution < 1.29 is 4.42 Å². The number of aromatic nitrogens is 3. The lowest BCUT2D eigenvalue weighted by Crippen LogP contribution is -2.01. The summed E-state index contributed by atoms with van der Waals surface area (Å²) >= 11 is 0. The van der Waals surface area contributed by atoms with E-state index in [1.54, 1.807) is 0 Å². The molecule has 0 amide bonds. The highest BCUT2D eigenvalue weighted by atomic mass is 16.3. The van der Waals surface area contributed by atoms with Crippen molar-refractivity contribution in [2.24, 2.45) is 0 Å². The minimum absolute atomic E-state index is 0.583. The minimum atomic E-state index is 0.583. The normalized spacial score (nSPS) is 11.5. The molecule has 0 saturated carbocycles. The largest absolute Gasteiger partial charge is 0.455 e. The van der Waals surface area contributed by atoms with E-state index >= 15 is 0 Å². The maximum absolute atomic E-state index is 6.72. The summed E-state index contributed by atoms with van der Waals surface area (Å²) in [4.78, 5) is 15.7. The zero-order valence-corrected chi connectivity index (χ0v) is 30.8. The molecule has 4 heteroatoms. The van der Waals surface area contributed by atoms with E-state index in [9.17, 15) is 0 Å². The molecule has 0 bridgehead atoms. The van der Waals surface area contributed by atoms with Crippen molar-refractivity contribution in [2.75, 3.05) is 0 Å². The molecule has 0 unspecified atom stereocenters. The molecule has 11 aromatic rings.